The summed E-state index contributed by atoms with van der Waals surface area (Å²) in [5.41, 5.74) is 1.01. The molecule has 1 unspecified atom stereocenters. The fourth-order valence-electron chi connectivity index (χ4n) is 1.75. The molecule has 14 heavy (non-hydrogen) atoms. The molecular formula is C9H17N5. The molecule has 1 aromatic heterocycles. The zero-order chi connectivity index (χ0) is 9.80. The summed E-state index contributed by atoms with van der Waals surface area (Å²) in [6.07, 6.45) is 4.47. The van der Waals surface area contributed by atoms with E-state index in [1.54, 1.807) is 4.68 Å². The maximum atomic E-state index is 4.03. The molecule has 78 valence electrons. The molecule has 2 rings (SSSR count). The minimum atomic E-state index is 0.589. The van der Waals surface area contributed by atoms with Crippen LogP contribution in [0.25, 0.3) is 0 Å². The molecule has 1 aliphatic rings. The average Bonchev–Trinajstić information content (AvgIpc) is 2.63. The monoisotopic (exact) mass is 195 g/mol. The molecule has 0 spiro atoms. The van der Waals surface area contributed by atoms with Gasteiger partial charge in [0.15, 0.2) is 0 Å². The number of hydrogen-bond acceptors (Lipinski definition) is 4. The summed E-state index contributed by atoms with van der Waals surface area (Å²) in [6.45, 7) is 3.05. The van der Waals surface area contributed by atoms with E-state index in [2.05, 4.69) is 20.9 Å². The second kappa shape index (κ2) is 4.52. The lowest BCUT2D eigenvalue weighted by Crippen LogP contribution is -2.42. The Hall–Kier alpha value is -0.940. The molecule has 1 aromatic rings. The third-order valence-corrected chi connectivity index (χ3v) is 2.52. The summed E-state index contributed by atoms with van der Waals surface area (Å²) in [5.74, 6) is 0. The topological polar surface area (TPSA) is 54.8 Å². The van der Waals surface area contributed by atoms with Crippen molar-refractivity contribution in [2.45, 2.75) is 25.4 Å². The molecule has 1 atom stereocenters. The highest BCUT2D eigenvalue weighted by Crippen LogP contribution is 2.02. The summed E-state index contributed by atoms with van der Waals surface area (Å²) >= 11 is 0. The molecule has 0 aliphatic carbocycles. The number of nitrogens with one attached hydrogen (secondary N) is 2. The van der Waals surface area contributed by atoms with E-state index in [1.807, 2.05) is 13.2 Å². The average molecular weight is 195 g/mol. The lowest BCUT2D eigenvalue weighted by molar-refractivity contribution is 0.387. The van der Waals surface area contributed by atoms with Crippen molar-refractivity contribution in [3.63, 3.8) is 0 Å². The fourth-order valence-corrected chi connectivity index (χ4v) is 1.75. The van der Waals surface area contributed by atoms with Crippen molar-refractivity contribution < 1.29 is 0 Å². The number of aromatic nitrogens is 3. The van der Waals surface area contributed by atoms with Crippen molar-refractivity contribution in [2.24, 2.45) is 7.05 Å². The van der Waals surface area contributed by atoms with Crippen LogP contribution in [-0.2, 0) is 13.6 Å². The van der Waals surface area contributed by atoms with Crippen molar-refractivity contribution >= 4 is 0 Å². The predicted octanol–water partition coefficient (Wildman–Crippen LogP) is -0.343. The smallest absolute Gasteiger partial charge is 0.0964 e. The number of rotatable bonds is 3. The Morgan fingerprint density at radius 2 is 2.64 bits per heavy atom. The first-order valence-corrected chi connectivity index (χ1v) is 5.14. The Morgan fingerprint density at radius 1 is 1.71 bits per heavy atom. The van der Waals surface area contributed by atoms with Gasteiger partial charge in [0.2, 0.25) is 0 Å². The number of hydrogen-bond donors (Lipinski definition) is 2. The number of aryl methyl sites for hydroxylation is 1. The molecule has 1 fully saturated rings. The highest BCUT2D eigenvalue weighted by molar-refractivity contribution is 4.92. The molecule has 0 bridgehead atoms. The second-order valence-corrected chi connectivity index (χ2v) is 3.81. The van der Waals surface area contributed by atoms with Crippen molar-refractivity contribution in [3.8, 4) is 0 Å². The Balaban J connectivity index is 1.76. The Labute approximate surface area is 83.9 Å². The lowest BCUT2D eigenvalue weighted by atomic mass is 10.1. The normalized spacial score (nSPS) is 22.5. The molecule has 0 amide bonds. The van der Waals surface area contributed by atoms with Crippen molar-refractivity contribution in [3.05, 3.63) is 11.9 Å². The summed E-state index contributed by atoms with van der Waals surface area (Å²) in [6, 6.07) is 0.589. The minimum Gasteiger partial charge on any atom is -0.315 e. The first-order chi connectivity index (χ1) is 6.84. The van der Waals surface area contributed by atoms with E-state index in [4.69, 9.17) is 0 Å². The van der Waals surface area contributed by atoms with E-state index >= 15 is 0 Å². The van der Waals surface area contributed by atoms with E-state index in [1.165, 1.54) is 12.8 Å². The van der Waals surface area contributed by atoms with Gasteiger partial charge in [0.05, 0.1) is 5.69 Å². The van der Waals surface area contributed by atoms with Gasteiger partial charge in [-0.15, -0.1) is 5.10 Å². The lowest BCUT2D eigenvalue weighted by Gasteiger charge is -2.23. The van der Waals surface area contributed by atoms with Crippen LogP contribution in [0, 0.1) is 0 Å². The second-order valence-electron chi connectivity index (χ2n) is 3.81. The van der Waals surface area contributed by atoms with Gasteiger partial charge in [-0.1, -0.05) is 5.21 Å². The Morgan fingerprint density at radius 3 is 3.29 bits per heavy atom. The van der Waals surface area contributed by atoms with E-state index in [9.17, 15) is 0 Å². The van der Waals surface area contributed by atoms with Crippen LogP contribution in [0.4, 0.5) is 0 Å². The summed E-state index contributed by atoms with van der Waals surface area (Å²) < 4.78 is 1.73. The third-order valence-electron chi connectivity index (χ3n) is 2.52. The van der Waals surface area contributed by atoms with Gasteiger partial charge < -0.3 is 10.6 Å². The van der Waals surface area contributed by atoms with E-state index in [0.717, 1.165) is 25.3 Å². The largest absolute Gasteiger partial charge is 0.315 e. The molecule has 1 aliphatic heterocycles. The highest BCUT2D eigenvalue weighted by Gasteiger charge is 2.12. The van der Waals surface area contributed by atoms with Crippen molar-refractivity contribution in [1.29, 1.82) is 0 Å². The van der Waals surface area contributed by atoms with Crippen LogP contribution >= 0.6 is 0 Å². The van der Waals surface area contributed by atoms with Crippen LogP contribution in [0.3, 0.4) is 0 Å². The van der Waals surface area contributed by atoms with Gasteiger partial charge in [-0.3, -0.25) is 4.68 Å². The molecule has 0 radical (unpaired) electrons. The number of nitrogens with zero attached hydrogens (tertiary/aromatic N) is 3. The zero-order valence-electron chi connectivity index (χ0n) is 8.53. The van der Waals surface area contributed by atoms with Crippen LogP contribution < -0.4 is 10.6 Å². The van der Waals surface area contributed by atoms with Crippen LogP contribution in [0.5, 0.6) is 0 Å². The summed E-state index contributed by atoms with van der Waals surface area (Å²) in [4.78, 5) is 0. The quantitative estimate of drug-likeness (QED) is 0.692. The third kappa shape index (κ3) is 2.52. The molecule has 2 heterocycles. The van der Waals surface area contributed by atoms with Gasteiger partial charge in [-0.2, -0.15) is 0 Å². The predicted molar refractivity (Wildman–Crippen MR) is 53.7 cm³/mol. The molecule has 0 saturated carbocycles. The molecular weight excluding hydrogens is 178 g/mol. The summed E-state index contributed by atoms with van der Waals surface area (Å²) in [7, 11) is 1.89. The van der Waals surface area contributed by atoms with Gasteiger partial charge in [0, 0.05) is 32.4 Å². The van der Waals surface area contributed by atoms with Crippen molar-refractivity contribution in [2.75, 3.05) is 13.1 Å². The van der Waals surface area contributed by atoms with E-state index < -0.39 is 0 Å². The van der Waals surface area contributed by atoms with Crippen LogP contribution in [0.2, 0.25) is 0 Å². The van der Waals surface area contributed by atoms with Gasteiger partial charge >= 0.3 is 0 Å². The minimum absolute atomic E-state index is 0.589. The molecule has 2 N–H and O–H groups in total. The first kappa shape index (κ1) is 9.61. The zero-order valence-corrected chi connectivity index (χ0v) is 8.53. The maximum Gasteiger partial charge on any atom is 0.0964 e. The van der Waals surface area contributed by atoms with Gasteiger partial charge in [-0.25, -0.2) is 0 Å². The molecule has 5 nitrogen and oxygen atoms in total. The maximum absolute atomic E-state index is 4.03. The van der Waals surface area contributed by atoms with Crippen LogP contribution in [-0.4, -0.2) is 34.1 Å². The summed E-state index contributed by atoms with van der Waals surface area (Å²) in [5, 5.41) is 14.8. The van der Waals surface area contributed by atoms with Gasteiger partial charge in [0.25, 0.3) is 0 Å². The fraction of sp³-hybridized carbons (Fsp3) is 0.778. The molecule has 1 saturated heterocycles. The van der Waals surface area contributed by atoms with Crippen LogP contribution in [0.1, 0.15) is 18.5 Å². The van der Waals surface area contributed by atoms with E-state index in [-0.39, 0.29) is 0 Å². The first-order valence-electron chi connectivity index (χ1n) is 5.14. The van der Waals surface area contributed by atoms with Gasteiger partial charge in [-0.05, 0) is 19.4 Å². The Kier molecular flexibility index (Phi) is 3.10. The van der Waals surface area contributed by atoms with E-state index in [0.29, 0.717) is 6.04 Å². The Bertz CT molecular complexity index is 276. The molecule has 5 heteroatoms. The van der Waals surface area contributed by atoms with Gasteiger partial charge in [0.1, 0.15) is 0 Å². The highest BCUT2D eigenvalue weighted by atomic mass is 15.4. The SMILES string of the molecule is Cn1cc(CNC2CCCNC2)nn1. The standard InChI is InChI=1S/C9H17N5/c1-14-7-9(12-13-14)6-11-8-3-2-4-10-5-8/h7-8,10-11H,2-6H2,1H3. The number of piperidine rings is 1. The molecule has 0 aromatic carbocycles. The van der Waals surface area contributed by atoms with Crippen LogP contribution in [0.15, 0.2) is 6.20 Å². The van der Waals surface area contributed by atoms with Crippen molar-refractivity contribution in [1.82, 2.24) is 25.6 Å².